The van der Waals surface area contributed by atoms with E-state index in [4.69, 9.17) is 14.2 Å². The number of rotatable bonds is 10. The lowest BCUT2D eigenvalue weighted by atomic mass is 10.1. The normalized spacial score (nSPS) is 17.5. The molecule has 1 aliphatic rings. The molecule has 2 atom stereocenters. The Morgan fingerprint density at radius 3 is 2.73 bits per heavy atom. The summed E-state index contributed by atoms with van der Waals surface area (Å²) in [6.07, 6.45) is 4.05. The van der Waals surface area contributed by atoms with Crippen LogP contribution in [0.25, 0.3) is 0 Å². The fourth-order valence-corrected chi connectivity index (χ4v) is 4.72. The van der Waals surface area contributed by atoms with E-state index in [1.807, 2.05) is 25.1 Å². The first kappa shape index (κ1) is 31.9. The highest BCUT2D eigenvalue weighted by atomic mass is 16.5. The van der Waals surface area contributed by atoms with Crippen molar-refractivity contribution in [3.63, 3.8) is 0 Å². The lowest BCUT2D eigenvalue weighted by Crippen LogP contribution is -2.53. The van der Waals surface area contributed by atoms with Crippen molar-refractivity contribution in [3.05, 3.63) is 71.8 Å². The second-order valence-corrected chi connectivity index (χ2v) is 10.1. The first-order valence-corrected chi connectivity index (χ1v) is 14.5. The van der Waals surface area contributed by atoms with Crippen molar-refractivity contribution in [1.82, 2.24) is 31.2 Å². The Morgan fingerprint density at radius 2 is 1.95 bits per heavy atom. The molecule has 13 nitrogen and oxygen atoms in total. The number of amides is 4. The average Bonchev–Trinajstić information content (AvgIpc) is 3.54. The number of hydrogen-bond donors (Lipinski definition) is 5. The van der Waals surface area contributed by atoms with Crippen LogP contribution in [0.3, 0.4) is 0 Å². The number of aromatic nitrogens is 2. The van der Waals surface area contributed by atoms with Crippen LogP contribution in [-0.4, -0.2) is 79.1 Å². The van der Waals surface area contributed by atoms with Crippen molar-refractivity contribution in [2.45, 2.75) is 44.7 Å². The highest BCUT2D eigenvalue weighted by molar-refractivity contribution is 6.01. The molecule has 1 aliphatic heterocycles. The van der Waals surface area contributed by atoms with E-state index in [1.54, 1.807) is 37.6 Å². The molecule has 0 radical (unpaired) electrons. The third-order valence-corrected chi connectivity index (χ3v) is 6.90. The Labute approximate surface area is 255 Å². The van der Waals surface area contributed by atoms with Gasteiger partial charge in [-0.1, -0.05) is 18.2 Å². The third-order valence-electron chi connectivity index (χ3n) is 6.90. The van der Waals surface area contributed by atoms with E-state index in [0.717, 1.165) is 5.56 Å². The van der Waals surface area contributed by atoms with Gasteiger partial charge in [-0.05, 0) is 49.6 Å². The number of carbonyl (C=O) groups is 4. The summed E-state index contributed by atoms with van der Waals surface area (Å²) in [5.41, 5.74) is 1.85. The summed E-state index contributed by atoms with van der Waals surface area (Å²) in [6.45, 7) is 2.96. The van der Waals surface area contributed by atoms with Crippen LogP contribution in [0.4, 0.5) is 0 Å². The van der Waals surface area contributed by atoms with Gasteiger partial charge in [0.25, 0.3) is 5.91 Å². The summed E-state index contributed by atoms with van der Waals surface area (Å²) in [5.74, 6) is -0.509. The molecule has 0 fully saturated rings. The lowest BCUT2D eigenvalue weighted by molar-refractivity contribution is -0.131. The zero-order valence-corrected chi connectivity index (χ0v) is 24.8. The average molecular weight is 607 g/mol. The molecule has 4 rings (SSSR count). The van der Waals surface area contributed by atoms with Gasteiger partial charge in [0.2, 0.25) is 17.7 Å². The van der Waals surface area contributed by atoms with Gasteiger partial charge < -0.3 is 40.5 Å². The summed E-state index contributed by atoms with van der Waals surface area (Å²) in [6, 6.07) is 10.1. The minimum Gasteiger partial charge on any atom is -0.493 e. The summed E-state index contributed by atoms with van der Waals surface area (Å²) < 4.78 is 16.7. The second kappa shape index (κ2) is 16.0. The molecule has 4 amide bonds. The van der Waals surface area contributed by atoms with Crippen molar-refractivity contribution < 1.29 is 33.4 Å². The number of carbonyl (C=O) groups excluding carboxylic acids is 4. The molecule has 44 heavy (non-hydrogen) atoms. The SMILES string of the molecule is CCOc1ccc(CCCNC(=O)[C@@H]2CC(=O)N[C@@H](Cc3cnc[nH]3)C(=O)NCCOc3ccccc3C(=O)N2)cc1OC. The monoisotopic (exact) mass is 606 g/mol. The number of benzene rings is 2. The summed E-state index contributed by atoms with van der Waals surface area (Å²) in [4.78, 5) is 59.6. The molecule has 1 aromatic heterocycles. The predicted octanol–water partition coefficient (Wildman–Crippen LogP) is 1.29. The second-order valence-electron chi connectivity index (χ2n) is 10.1. The van der Waals surface area contributed by atoms with Gasteiger partial charge in [0.05, 0.1) is 38.6 Å². The molecule has 0 spiro atoms. The zero-order chi connectivity index (χ0) is 31.3. The number of hydrogen-bond acceptors (Lipinski definition) is 8. The fourth-order valence-electron chi connectivity index (χ4n) is 4.72. The van der Waals surface area contributed by atoms with Gasteiger partial charge in [-0.2, -0.15) is 0 Å². The molecule has 2 aromatic carbocycles. The molecule has 0 saturated heterocycles. The number of imidazole rings is 1. The number of aromatic amines is 1. The Bertz CT molecular complexity index is 1430. The van der Waals surface area contributed by atoms with E-state index in [9.17, 15) is 19.2 Å². The minimum atomic E-state index is -1.21. The van der Waals surface area contributed by atoms with E-state index >= 15 is 0 Å². The predicted molar refractivity (Wildman–Crippen MR) is 161 cm³/mol. The maximum absolute atomic E-state index is 13.3. The van der Waals surface area contributed by atoms with E-state index in [-0.39, 0.29) is 31.6 Å². The highest BCUT2D eigenvalue weighted by Gasteiger charge is 2.29. The third kappa shape index (κ3) is 8.96. The van der Waals surface area contributed by atoms with Gasteiger partial charge in [0, 0.05) is 24.9 Å². The Morgan fingerprint density at radius 1 is 1.11 bits per heavy atom. The minimum absolute atomic E-state index is 0.0882. The molecule has 2 heterocycles. The van der Waals surface area contributed by atoms with Crippen LogP contribution in [0.2, 0.25) is 0 Å². The maximum Gasteiger partial charge on any atom is 0.255 e. The number of aryl methyl sites for hydroxylation is 1. The number of H-pyrrole nitrogens is 1. The lowest BCUT2D eigenvalue weighted by Gasteiger charge is -2.23. The summed E-state index contributed by atoms with van der Waals surface area (Å²) in [7, 11) is 1.58. The zero-order valence-electron chi connectivity index (χ0n) is 24.8. The van der Waals surface area contributed by atoms with Gasteiger partial charge in [-0.25, -0.2) is 4.98 Å². The van der Waals surface area contributed by atoms with Crippen LogP contribution in [-0.2, 0) is 27.2 Å². The number of nitrogens with zero attached hydrogens (tertiary/aromatic N) is 1. The molecule has 0 aliphatic carbocycles. The summed E-state index contributed by atoms with van der Waals surface area (Å²) in [5, 5.41) is 11.0. The number of nitrogens with one attached hydrogen (secondary N) is 5. The number of methoxy groups -OCH3 is 1. The van der Waals surface area contributed by atoms with Crippen LogP contribution in [0.1, 0.15) is 41.4 Å². The molecule has 234 valence electrons. The van der Waals surface area contributed by atoms with Crippen molar-refractivity contribution in [2.24, 2.45) is 0 Å². The number of ether oxygens (including phenoxy) is 3. The molecule has 5 N–H and O–H groups in total. The van der Waals surface area contributed by atoms with Crippen molar-refractivity contribution in [2.75, 3.05) is 33.4 Å². The maximum atomic E-state index is 13.3. The Balaban J connectivity index is 1.45. The quantitative estimate of drug-likeness (QED) is 0.215. The number of fused-ring (bicyclic) bond motifs is 1. The van der Waals surface area contributed by atoms with E-state index in [1.165, 1.54) is 6.33 Å². The van der Waals surface area contributed by atoms with Crippen LogP contribution in [0.5, 0.6) is 17.2 Å². The van der Waals surface area contributed by atoms with Gasteiger partial charge in [0.15, 0.2) is 11.5 Å². The standard InChI is InChI=1S/C31H38N6O7/c1-3-43-26-11-10-20(15-27(26)42-2)7-6-12-33-31(41)24-17-28(38)36-23(16-21-18-32-19-35-21)30(40)34-13-14-44-25-9-5-4-8-22(25)29(39)37-24/h4-5,8-11,15,18-19,23-24H,3,6-7,12-14,16-17H2,1-2H3,(H,32,35)(H,33,41)(H,34,40)(H,36,38)(H,37,39)/t23-,24-/m0/s1. The van der Waals surface area contributed by atoms with Gasteiger partial charge >= 0.3 is 0 Å². The largest absolute Gasteiger partial charge is 0.493 e. The van der Waals surface area contributed by atoms with Crippen LogP contribution in [0.15, 0.2) is 55.0 Å². The van der Waals surface area contributed by atoms with E-state index in [2.05, 4.69) is 31.2 Å². The van der Waals surface area contributed by atoms with Gasteiger partial charge in [-0.3, -0.25) is 19.2 Å². The molecule has 0 unspecified atom stereocenters. The summed E-state index contributed by atoms with van der Waals surface area (Å²) >= 11 is 0. The first-order valence-electron chi connectivity index (χ1n) is 14.5. The fraction of sp³-hybridized carbons (Fsp3) is 0.387. The number of para-hydroxylation sites is 1. The first-order chi connectivity index (χ1) is 21.4. The topological polar surface area (TPSA) is 173 Å². The Kier molecular flexibility index (Phi) is 11.6. The molecular weight excluding hydrogens is 568 g/mol. The van der Waals surface area contributed by atoms with Crippen LogP contribution < -0.4 is 35.5 Å². The van der Waals surface area contributed by atoms with Gasteiger partial charge in [0.1, 0.15) is 24.4 Å². The molecule has 3 aromatic rings. The van der Waals surface area contributed by atoms with Gasteiger partial charge in [-0.15, -0.1) is 0 Å². The van der Waals surface area contributed by atoms with Crippen LogP contribution in [0, 0.1) is 0 Å². The van der Waals surface area contributed by atoms with E-state index in [0.29, 0.717) is 48.9 Å². The van der Waals surface area contributed by atoms with Crippen LogP contribution >= 0.6 is 0 Å². The van der Waals surface area contributed by atoms with E-state index < -0.39 is 35.7 Å². The van der Waals surface area contributed by atoms with Crippen molar-refractivity contribution >= 4 is 23.6 Å². The molecular formula is C31H38N6O7. The molecule has 13 heteroatoms. The smallest absolute Gasteiger partial charge is 0.255 e. The van der Waals surface area contributed by atoms with Crippen molar-refractivity contribution in [1.29, 1.82) is 0 Å². The van der Waals surface area contributed by atoms with Crippen molar-refractivity contribution in [3.8, 4) is 17.2 Å². The molecule has 0 bridgehead atoms. The Hall–Kier alpha value is -5.07. The highest BCUT2D eigenvalue weighted by Crippen LogP contribution is 2.28. The molecule has 0 saturated carbocycles.